The highest BCUT2D eigenvalue weighted by Gasteiger charge is 2.34. The molecule has 2 unspecified atom stereocenters. The Balaban J connectivity index is 1.03. The van der Waals surface area contributed by atoms with Crippen LogP contribution in [0.1, 0.15) is 17.0 Å². The maximum Gasteiger partial charge on any atom is 0.128 e. The average Bonchev–Trinajstić information content (AvgIpc) is 3.75. The molecule has 8 aromatic rings. The van der Waals surface area contributed by atoms with E-state index in [0.29, 0.717) is 0 Å². The lowest BCUT2D eigenvalue weighted by Gasteiger charge is -2.20. The number of fused-ring (bicyclic) bond motifs is 6. The Hall–Kier alpha value is -6.10. The van der Waals surface area contributed by atoms with E-state index in [4.69, 9.17) is 4.74 Å². The molecule has 0 bridgehead atoms. The predicted molar refractivity (Wildman–Crippen MR) is 207 cm³/mol. The summed E-state index contributed by atoms with van der Waals surface area (Å²) in [4.78, 5) is 9.30. The molecule has 1 aliphatic heterocycles. The first-order valence-corrected chi connectivity index (χ1v) is 17.8. The van der Waals surface area contributed by atoms with Crippen LogP contribution in [0, 0.1) is 0 Å². The lowest BCUT2D eigenvalue weighted by Crippen LogP contribution is -2.17. The second-order valence-electron chi connectivity index (χ2n) is 12.9. The smallest absolute Gasteiger partial charge is 0.128 e. The molecule has 0 saturated heterocycles. The Morgan fingerprint density at radius 2 is 1.10 bits per heavy atom. The molecule has 1 aliphatic carbocycles. The van der Waals surface area contributed by atoms with E-state index in [-0.39, 0.29) is 12.0 Å². The second kappa shape index (κ2) is 11.8. The van der Waals surface area contributed by atoms with Gasteiger partial charge in [-0.25, -0.2) is 0 Å². The molecule has 50 heavy (non-hydrogen) atoms. The van der Waals surface area contributed by atoms with E-state index in [1.165, 1.54) is 59.1 Å². The molecule has 0 fully saturated rings. The van der Waals surface area contributed by atoms with Crippen molar-refractivity contribution in [1.82, 2.24) is 9.97 Å². The summed E-state index contributed by atoms with van der Waals surface area (Å²) in [5, 5.41) is 2.56. The third-order valence-corrected chi connectivity index (χ3v) is 11.1. The van der Waals surface area contributed by atoms with Crippen molar-refractivity contribution in [2.45, 2.75) is 12.0 Å². The minimum atomic E-state index is -0.0123. The molecule has 10 rings (SSSR count). The molecule has 0 radical (unpaired) electrons. The third-order valence-electron chi connectivity index (χ3n) is 9.97. The van der Waals surface area contributed by atoms with Gasteiger partial charge in [0.15, 0.2) is 0 Å². The molecule has 236 valence electrons. The van der Waals surface area contributed by atoms with E-state index in [1.54, 1.807) is 0 Å². The van der Waals surface area contributed by atoms with Crippen LogP contribution in [-0.2, 0) is 0 Å². The van der Waals surface area contributed by atoms with Crippen LogP contribution in [0.2, 0.25) is 0 Å². The topological polar surface area (TPSA) is 35.0 Å². The zero-order valence-electron chi connectivity index (χ0n) is 27.0. The van der Waals surface area contributed by atoms with Crippen LogP contribution in [0.4, 0.5) is 0 Å². The number of benzene rings is 5. The molecule has 0 N–H and O–H groups in total. The lowest BCUT2D eigenvalue weighted by molar-refractivity contribution is 0.269. The molecule has 4 heterocycles. The summed E-state index contributed by atoms with van der Waals surface area (Å²) in [5.41, 5.74) is 12.6. The van der Waals surface area contributed by atoms with Gasteiger partial charge in [0.1, 0.15) is 11.9 Å². The van der Waals surface area contributed by atoms with Gasteiger partial charge in [-0.15, -0.1) is 11.3 Å². The maximum atomic E-state index is 6.47. The van der Waals surface area contributed by atoms with Crippen molar-refractivity contribution < 1.29 is 4.74 Å². The second-order valence-corrected chi connectivity index (χ2v) is 14.0. The zero-order valence-corrected chi connectivity index (χ0v) is 27.8. The van der Waals surface area contributed by atoms with Gasteiger partial charge in [0, 0.05) is 55.2 Å². The minimum Gasteiger partial charge on any atom is -0.485 e. The van der Waals surface area contributed by atoms with Crippen molar-refractivity contribution in [3.8, 4) is 50.5 Å². The lowest BCUT2D eigenvalue weighted by atomic mass is 9.84. The van der Waals surface area contributed by atoms with Crippen molar-refractivity contribution in [1.29, 1.82) is 0 Å². The molecule has 0 amide bonds. The van der Waals surface area contributed by atoms with Gasteiger partial charge in [0.05, 0.1) is 11.4 Å². The highest BCUT2D eigenvalue weighted by atomic mass is 32.1. The van der Waals surface area contributed by atoms with Crippen molar-refractivity contribution >= 4 is 37.1 Å². The molecule has 3 nitrogen and oxygen atoms in total. The number of allylic oxidation sites excluding steroid dienone is 2. The minimum absolute atomic E-state index is 0.0123. The van der Waals surface area contributed by atoms with E-state index < -0.39 is 0 Å². The van der Waals surface area contributed by atoms with Gasteiger partial charge in [-0.05, 0) is 100 Å². The summed E-state index contributed by atoms with van der Waals surface area (Å²) in [6, 6.07) is 49.7. The molecular formula is C46H30N2OS. The van der Waals surface area contributed by atoms with Crippen molar-refractivity contribution in [2.24, 2.45) is 0 Å². The first-order chi connectivity index (χ1) is 24.8. The van der Waals surface area contributed by atoms with Gasteiger partial charge in [0.25, 0.3) is 0 Å². The number of hydrogen-bond acceptors (Lipinski definition) is 4. The summed E-state index contributed by atoms with van der Waals surface area (Å²) >= 11 is 1.85. The third kappa shape index (κ3) is 4.88. The van der Waals surface area contributed by atoms with Crippen LogP contribution in [0.15, 0.2) is 170 Å². The Bertz CT molecular complexity index is 2640. The van der Waals surface area contributed by atoms with Gasteiger partial charge in [-0.3, -0.25) is 9.97 Å². The summed E-state index contributed by atoms with van der Waals surface area (Å²) in [6.45, 7) is 0. The first kappa shape index (κ1) is 28.9. The van der Waals surface area contributed by atoms with E-state index in [0.717, 1.165) is 28.3 Å². The number of thiophene rings is 1. The molecule has 2 atom stereocenters. The fraction of sp³-hybridized carbons (Fsp3) is 0.0435. The molecular weight excluding hydrogens is 629 g/mol. The van der Waals surface area contributed by atoms with Crippen LogP contribution in [0.25, 0.3) is 70.5 Å². The standard InChI is InChI=1S/C46H30N2OS/c1-3-11-35(41-13-5-7-23-47-41)33(9-1)31-16-20-44-38(27-31)37-25-29(15-19-43(37)49-44)30-17-21-45-39(26-30)40-28-32(18-22-46(40)50-45)34-10-2-4-12-36(34)42-14-6-8-24-48-42/h1-28,38,44H. The number of hydrogen-bond donors (Lipinski definition) is 0. The normalized spacial score (nSPS) is 16.2. The summed E-state index contributed by atoms with van der Waals surface area (Å²) in [5.74, 6) is 1.09. The van der Waals surface area contributed by atoms with Crippen molar-refractivity contribution in [3.63, 3.8) is 0 Å². The SMILES string of the molecule is C1=CC2Oc3ccc(-c4ccc5sc6ccc(-c7ccccc7-c7ccccn7)cc6c5c4)cc3C2C=C1c1ccccc1-c1ccccn1. The van der Waals surface area contributed by atoms with Crippen LogP contribution in [-0.4, -0.2) is 16.1 Å². The monoisotopic (exact) mass is 658 g/mol. The number of aromatic nitrogens is 2. The largest absolute Gasteiger partial charge is 0.485 e. The van der Waals surface area contributed by atoms with E-state index >= 15 is 0 Å². The van der Waals surface area contributed by atoms with Gasteiger partial charge in [-0.1, -0.05) is 91.0 Å². The van der Waals surface area contributed by atoms with Crippen LogP contribution >= 0.6 is 11.3 Å². The fourth-order valence-corrected chi connectivity index (χ4v) is 8.62. The molecule has 5 aromatic carbocycles. The summed E-state index contributed by atoms with van der Waals surface area (Å²) in [7, 11) is 0. The highest BCUT2D eigenvalue weighted by molar-refractivity contribution is 7.25. The van der Waals surface area contributed by atoms with Crippen molar-refractivity contribution in [3.05, 3.63) is 181 Å². The Morgan fingerprint density at radius 1 is 0.520 bits per heavy atom. The predicted octanol–water partition coefficient (Wildman–Crippen LogP) is 12.0. The average molecular weight is 659 g/mol. The Morgan fingerprint density at radius 3 is 1.80 bits per heavy atom. The van der Waals surface area contributed by atoms with E-state index in [2.05, 4.69) is 143 Å². The quantitative estimate of drug-likeness (QED) is 0.185. The maximum absolute atomic E-state index is 6.47. The summed E-state index contributed by atoms with van der Waals surface area (Å²) in [6.07, 6.45) is 10.5. The number of rotatable bonds is 5. The Kier molecular flexibility index (Phi) is 6.81. The van der Waals surface area contributed by atoms with Crippen molar-refractivity contribution in [2.75, 3.05) is 0 Å². The Labute approximate surface area is 294 Å². The van der Waals surface area contributed by atoms with E-state index in [1.807, 2.05) is 48.0 Å². The van der Waals surface area contributed by atoms with Gasteiger partial charge >= 0.3 is 0 Å². The highest BCUT2D eigenvalue weighted by Crippen LogP contribution is 2.47. The molecule has 3 aromatic heterocycles. The first-order valence-electron chi connectivity index (χ1n) is 17.0. The molecule has 0 spiro atoms. The van der Waals surface area contributed by atoms with Crippen LogP contribution in [0.5, 0.6) is 5.75 Å². The zero-order chi connectivity index (χ0) is 33.0. The molecule has 0 saturated carbocycles. The molecule has 2 aliphatic rings. The van der Waals surface area contributed by atoms with Crippen LogP contribution < -0.4 is 4.74 Å². The summed E-state index contributed by atoms with van der Waals surface area (Å²) < 4.78 is 9.05. The number of pyridine rings is 2. The van der Waals surface area contributed by atoms with Gasteiger partial charge in [-0.2, -0.15) is 0 Å². The number of ether oxygens (including phenoxy) is 1. The van der Waals surface area contributed by atoms with Gasteiger partial charge in [0.2, 0.25) is 0 Å². The molecule has 4 heteroatoms. The van der Waals surface area contributed by atoms with Crippen LogP contribution in [0.3, 0.4) is 0 Å². The number of nitrogens with zero attached hydrogens (tertiary/aromatic N) is 2. The fourth-order valence-electron chi connectivity index (χ4n) is 7.55. The van der Waals surface area contributed by atoms with Gasteiger partial charge < -0.3 is 4.74 Å². The van der Waals surface area contributed by atoms with E-state index in [9.17, 15) is 0 Å².